The average Bonchev–Trinajstić information content (AvgIpc) is 2.03. The lowest BCUT2D eigenvalue weighted by Gasteiger charge is -1.89. The quantitative estimate of drug-likeness (QED) is 0.483. The van der Waals surface area contributed by atoms with Crippen molar-refractivity contribution in [1.29, 1.82) is 0 Å². The van der Waals surface area contributed by atoms with Crippen molar-refractivity contribution in [2.24, 2.45) is 0 Å². The predicted molar refractivity (Wildman–Crippen MR) is 48.0 cm³/mol. The van der Waals surface area contributed by atoms with Crippen molar-refractivity contribution in [3.8, 4) is 23.7 Å². The molecule has 0 fully saturated rings. The zero-order valence-corrected chi connectivity index (χ0v) is 7.04. The van der Waals surface area contributed by atoms with Crippen LogP contribution in [0.1, 0.15) is 25.7 Å². The second-order valence-corrected chi connectivity index (χ2v) is 2.73. The third-order valence-electron chi connectivity index (χ3n) is 1.36. The number of hydrogen-bond acceptors (Lipinski definition) is 0. The van der Waals surface area contributed by atoms with Gasteiger partial charge in [0.1, 0.15) is 0 Å². The van der Waals surface area contributed by atoms with E-state index in [4.69, 9.17) is 11.6 Å². The first-order valence-corrected chi connectivity index (χ1v) is 4.10. The van der Waals surface area contributed by atoms with Gasteiger partial charge in [-0.25, -0.2) is 0 Å². The van der Waals surface area contributed by atoms with Crippen LogP contribution in [-0.2, 0) is 0 Å². The van der Waals surface area contributed by atoms with Crippen LogP contribution in [0, 0.1) is 23.7 Å². The molecule has 0 heterocycles. The largest absolute Gasteiger partial charge is 0.0987 e. The molecule has 0 N–H and O–H groups in total. The summed E-state index contributed by atoms with van der Waals surface area (Å²) < 4.78 is 0. The van der Waals surface area contributed by atoms with E-state index in [0.29, 0.717) is 5.03 Å². The number of halogens is 1. The van der Waals surface area contributed by atoms with E-state index in [1.807, 2.05) is 0 Å². The number of rotatable bonds is 0. The summed E-state index contributed by atoms with van der Waals surface area (Å²) in [5.74, 6) is 11.7. The summed E-state index contributed by atoms with van der Waals surface area (Å²) in [5.41, 5.74) is 0. The first kappa shape index (κ1) is 8.25. The van der Waals surface area contributed by atoms with Crippen molar-refractivity contribution >= 4 is 11.6 Å². The van der Waals surface area contributed by atoms with Gasteiger partial charge in [0.2, 0.25) is 0 Å². The van der Waals surface area contributed by atoms with Crippen LogP contribution in [0.25, 0.3) is 0 Å². The Morgan fingerprint density at radius 3 is 2.73 bits per heavy atom. The van der Waals surface area contributed by atoms with E-state index in [1.165, 1.54) is 0 Å². The minimum Gasteiger partial charge on any atom is -0.0984 e. The Labute approximate surface area is 72.6 Å². The number of hydrogen-bond donors (Lipinski definition) is 0. The van der Waals surface area contributed by atoms with Crippen molar-refractivity contribution in [3.05, 3.63) is 11.1 Å². The fourth-order valence-corrected chi connectivity index (χ4v) is 0.918. The van der Waals surface area contributed by atoms with Crippen LogP contribution in [0.4, 0.5) is 0 Å². The van der Waals surface area contributed by atoms with Gasteiger partial charge in [-0.2, -0.15) is 0 Å². The second-order valence-electron chi connectivity index (χ2n) is 2.32. The highest BCUT2D eigenvalue weighted by molar-refractivity contribution is 6.32. The van der Waals surface area contributed by atoms with Gasteiger partial charge in [0.25, 0.3) is 0 Å². The first-order valence-electron chi connectivity index (χ1n) is 3.72. The van der Waals surface area contributed by atoms with Crippen LogP contribution in [0.15, 0.2) is 11.1 Å². The lowest BCUT2D eigenvalue weighted by atomic mass is 10.2. The summed E-state index contributed by atoms with van der Waals surface area (Å²) >= 11 is 5.70. The Morgan fingerprint density at radius 1 is 1.18 bits per heavy atom. The van der Waals surface area contributed by atoms with Crippen molar-refractivity contribution < 1.29 is 0 Å². The molecule has 0 radical (unpaired) electrons. The smallest absolute Gasteiger partial charge is 0.0984 e. The Bertz CT molecular complexity index is 265. The Balaban J connectivity index is 2.66. The molecule has 1 aliphatic carbocycles. The van der Waals surface area contributed by atoms with E-state index in [1.54, 1.807) is 6.08 Å². The molecule has 0 unspecified atom stereocenters. The maximum absolute atomic E-state index is 5.70. The molecule has 0 nitrogen and oxygen atoms in total. The van der Waals surface area contributed by atoms with Crippen molar-refractivity contribution in [1.82, 2.24) is 0 Å². The van der Waals surface area contributed by atoms with Crippen LogP contribution in [0.2, 0.25) is 0 Å². The van der Waals surface area contributed by atoms with Gasteiger partial charge in [-0.1, -0.05) is 35.3 Å². The molecule has 0 aromatic carbocycles. The Morgan fingerprint density at radius 2 is 1.91 bits per heavy atom. The molecule has 0 spiro atoms. The van der Waals surface area contributed by atoms with Gasteiger partial charge in [0.15, 0.2) is 0 Å². The summed E-state index contributed by atoms with van der Waals surface area (Å²) in [6, 6.07) is 0. The molecule has 0 aromatic rings. The van der Waals surface area contributed by atoms with Crippen LogP contribution < -0.4 is 0 Å². The summed E-state index contributed by atoms with van der Waals surface area (Å²) in [5, 5.41) is 0.555. The predicted octanol–water partition coefficient (Wildman–Crippen LogP) is 2.69. The maximum atomic E-state index is 5.70. The Hall–Kier alpha value is -0.850. The van der Waals surface area contributed by atoms with E-state index in [0.717, 1.165) is 25.7 Å². The van der Waals surface area contributed by atoms with E-state index in [2.05, 4.69) is 23.7 Å². The van der Waals surface area contributed by atoms with Gasteiger partial charge < -0.3 is 0 Å². The molecule has 1 rings (SSSR count). The molecule has 0 atom stereocenters. The molecule has 0 saturated carbocycles. The molecule has 11 heavy (non-hydrogen) atoms. The zero-order chi connectivity index (χ0) is 7.94. The topological polar surface area (TPSA) is 0 Å². The molecular weight excluding hydrogens is 156 g/mol. The molecule has 0 bridgehead atoms. The third-order valence-corrected chi connectivity index (χ3v) is 1.57. The Kier molecular flexibility index (Phi) is 3.67. The SMILES string of the molecule is Cl/C1=C/C#CCCCCC#C1. The summed E-state index contributed by atoms with van der Waals surface area (Å²) in [6.45, 7) is 0. The van der Waals surface area contributed by atoms with Crippen LogP contribution in [-0.4, -0.2) is 0 Å². The number of allylic oxidation sites excluding steroid dienone is 2. The van der Waals surface area contributed by atoms with E-state index >= 15 is 0 Å². The first-order chi connectivity index (χ1) is 5.39. The third kappa shape index (κ3) is 3.76. The standard InChI is InChI=1S/C10H9Cl/c11-10-8-6-4-2-1-3-5-7-9-10/h9H,1-4H2/b10-9+. The molecule has 56 valence electrons. The molecule has 0 saturated heterocycles. The van der Waals surface area contributed by atoms with Gasteiger partial charge in [-0.05, 0) is 12.8 Å². The van der Waals surface area contributed by atoms with Gasteiger partial charge >= 0.3 is 0 Å². The maximum Gasteiger partial charge on any atom is 0.0987 e. The summed E-state index contributed by atoms with van der Waals surface area (Å²) in [4.78, 5) is 0. The minimum absolute atomic E-state index is 0.555. The lowest BCUT2D eigenvalue weighted by Crippen LogP contribution is -1.75. The molecule has 1 heteroatoms. The normalized spacial score (nSPS) is 21.4. The fraction of sp³-hybridized carbons (Fsp3) is 0.400. The second kappa shape index (κ2) is 4.89. The molecular formula is C10H9Cl. The van der Waals surface area contributed by atoms with Crippen LogP contribution >= 0.6 is 11.6 Å². The van der Waals surface area contributed by atoms with E-state index in [-0.39, 0.29) is 0 Å². The van der Waals surface area contributed by atoms with Crippen LogP contribution in [0.3, 0.4) is 0 Å². The molecule has 0 aromatic heterocycles. The minimum atomic E-state index is 0.555. The highest BCUT2D eigenvalue weighted by atomic mass is 35.5. The van der Waals surface area contributed by atoms with E-state index in [9.17, 15) is 0 Å². The highest BCUT2D eigenvalue weighted by Crippen LogP contribution is 2.02. The average molecular weight is 165 g/mol. The highest BCUT2D eigenvalue weighted by Gasteiger charge is 1.86. The van der Waals surface area contributed by atoms with Crippen LogP contribution in [0.5, 0.6) is 0 Å². The summed E-state index contributed by atoms with van der Waals surface area (Å²) in [7, 11) is 0. The van der Waals surface area contributed by atoms with Gasteiger partial charge in [-0.15, -0.1) is 0 Å². The van der Waals surface area contributed by atoms with Crippen molar-refractivity contribution in [2.75, 3.05) is 0 Å². The molecule has 1 aliphatic rings. The van der Waals surface area contributed by atoms with Gasteiger partial charge in [0, 0.05) is 18.9 Å². The monoisotopic (exact) mass is 164 g/mol. The van der Waals surface area contributed by atoms with Gasteiger partial charge in [0.05, 0.1) is 5.03 Å². The fourth-order valence-electron chi connectivity index (χ4n) is 0.796. The van der Waals surface area contributed by atoms with Crippen molar-refractivity contribution in [2.45, 2.75) is 25.7 Å². The molecule has 0 aliphatic heterocycles. The van der Waals surface area contributed by atoms with E-state index < -0.39 is 0 Å². The summed E-state index contributed by atoms with van der Waals surface area (Å²) in [6.07, 6.45) is 5.84. The zero-order valence-electron chi connectivity index (χ0n) is 6.28. The molecule has 0 amide bonds. The lowest BCUT2D eigenvalue weighted by molar-refractivity contribution is 0.782. The van der Waals surface area contributed by atoms with Crippen molar-refractivity contribution in [3.63, 3.8) is 0 Å². The van der Waals surface area contributed by atoms with Gasteiger partial charge in [-0.3, -0.25) is 0 Å².